The summed E-state index contributed by atoms with van der Waals surface area (Å²) in [5.74, 6) is -3.67. The molecule has 1 atom stereocenters. The summed E-state index contributed by atoms with van der Waals surface area (Å²) in [6, 6.07) is 9.32. The average Bonchev–Trinajstić information content (AvgIpc) is 3.05. The Morgan fingerprint density at radius 1 is 1.05 bits per heavy atom. The number of aliphatic imine (C=N–C) groups is 1. The molecule has 2 aromatic carbocycles. The predicted molar refractivity (Wildman–Crippen MR) is 138 cm³/mol. The van der Waals surface area contributed by atoms with Gasteiger partial charge >= 0.3 is 12.5 Å². The fourth-order valence-electron chi connectivity index (χ4n) is 4.66. The SMILES string of the molecule is CC1=C(NC(=O)c2cc(C(N)=O)nc3cc(F)ccc23)C(C(F)(F)F)=NCC[C@H]1CCc1ccc(OC(F)(F)F)cc1. The lowest BCUT2D eigenvalue weighted by Gasteiger charge is -2.21. The third-order valence-electron chi connectivity index (χ3n) is 6.71. The Balaban J connectivity index is 1.65. The Morgan fingerprint density at radius 3 is 2.36 bits per heavy atom. The molecule has 0 fully saturated rings. The summed E-state index contributed by atoms with van der Waals surface area (Å²) in [7, 11) is 0. The van der Waals surface area contributed by atoms with Crippen molar-refractivity contribution in [1.82, 2.24) is 10.3 Å². The standard InChI is InChI=1S/C28H23F7N4O3/c1-14-16(5-2-15-3-7-18(8-4-15)42-28(33,34)35)10-11-37-24(27(30,31)32)23(14)39-26(41)20-13-22(25(36)40)38-21-12-17(29)6-9-19(20)21/h3-4,6-9,12-13,16H,2,5,10-11H2,1H3,(H2,36,40)(H,39,41)/t16-/m1/s1. The monoisotopic (exact) mass is 596 g/mol. The van der Waals surface area contributed by atoms with Gasteiger partial charge in [0.15, 0.2) is 5.71 Å². The summed E-state index contributed by atoms with van der Waals surface area (Å²) in [4.78, 5) is 32.8. The first-order valence-corrected chi connectivity index (χ1v) is 12.5. The number of aryl methyl sites for hydroxylation is 1. The van der Waals surface area contributed by atoms with Gasteiger partial charge in [0.2, 0.25) is 0 Å². The third kappa shape index (κ3) is 7.22. The Morgan fingerprint density at radius 2 is 1.74 bits per heavy atom. The molecule has 222 valence electrons. The topological polar surface area (TPSA) is 107 Å². The van der Waals surface area contributed by atoms with Gasteiger partial charge < -0.3 is 15.8 Å². The normalized spacial score (nSPS) is 16.2. The quantitative estimate of drug-likeness (QED) is 0.325. The molecule has 42 heavy (non-hydrogen) atoms. The Hall–Kier alpha value is -4.49. The van der Waals surface area contributed by atoms with E-state index >= 15 is 0 Å². The number of aromatic nitrogens is 1. The number of amides is 2. The summed E-state index contributed by atoms with van der Waals surface area (Å²) < 4.78 is 97.2. The van der Waals surface area contributed by atoms with Crippen molar-refractivity contribution < 1.29 is 45.1 Å². The summed E-state index contributed by atoms with van der Waals surface area (Å²) in [5, 5.41) is 2.38. The molecule has 0 saturated carbocycles. The van der Waals surface area contributed by atoms with Crippen LogP contribution in [0.4, 0.5) is 30.7 Å². The van der Waals surface area contributed by atoms with E-state index in [0.717, 1.165) is 30.3 Å². The van der Waals surface area contributed by atoms with Gasteiger partial charge in [-0.2, -0.15) is 13.2 Å². The van der Waals surface area contributed by atoms with Crippen LogP contribution in [0.5, 0.6) is 5.75 Å². The second-order valence-corrected chi connectivity index (χ2v) is 9.54. The van der Waals surface area contributed by atoms with Crippen LogP contribution in [-0.2, 0) is 6.42 Å². The first-order valence-electron chi connectivity index (χ1n) is 12.5. The number of benzene rings is 2. The van der Waals surface area contributed by atoms with E-state index in [1.807, 2.05) is 0 Å². The van der Waals surface area contributed by atoms with Crippen LogP contribution >= 0.6 is 0 Å². The lowest BCUT2D eigenvalue weighted by Crippen LogP contribution is -2.36. The molecule has 0 radical (unpaired) electrons. The van der Waals surface area contributed by atoms with Gasteiger partial charge in [0, 0.05) is 18.0 Å². The van der Waals surface area contributed by atoms with E-state index in [1.54, 1.807) is 0 Å². The zero-order valence-corrected chi connectivity index (χ0v) is 21.9. The Kier molecular flexibility index (Phi) is 8.55. The number of nitrogens with one attached hydrogen (secondary N) is 1. The molecule has 4 rings (SSSR count). The van der Waals surface area contributed by atoms with E-state index in [0.29, 0.717) is 18.4 Å². The Bertz CT molecular complexity index is 1580. The minimum absolute atomic E-state index is 0.0748. The van der Waals surface area contributed by atoms with Crippen molar-refractivity contribution in [3.8, 4) is 5.75 Å². The average molecular weight is 597 g/mol. The van der Waals surface area contributed by atoms with Gasteiger partial charge in [0.1, 0.15) is 17.3 Å². The molecule has 0 saturated heterocycles. The van der Waals surface area contributed by atoms with Crippen molar-refractivity contribution in [1.29, 1.82) is 0 Å². The molecule has 1 aromatic heterocycles. The maximum Gasteiger partial charge on any atom is 0.573 e. The van der Waals surface area contributed by atoms with Crippen LogP contribution in [0.2, 0.25) is 0 Å². The molecular formula is C28H23F7N4O3. The first kappa shape index (κ1) is 30.5. The number of nitrogens with zero attached hydrogens (tertiary/aromatic N) is 2. The van der Waals surface area contributed by atoms with Crippen LogP contribution in [0.1, 0.15) is 46.2 Å². The van der Waals surface area contributed by atoms with E-state index < -0.39 is 53.2 Å². The van der Waals surface area contributed by atoms with Gasteiger partial charge in [-0.3, -0.25) is 14.6 Å². The van der Waals surface area contributed by atoms with E-state index in [-0.39, 0.29) is 40.7 Å². The molecular weight excluding hydrogens is 573 g/mol. The summed E-state index contributed by atoms with van der Waals surface area (Å²) in [5.41, 5.74) is 3.52. The maximum absolute atomic E-state index is 14.1. The number of hydrogen-bond donors (Lipinski definition) is 2. The number of rotatable bonds is 7. The molecule has 3 aromatic rings. The number of carbonyl (C=O) groups excluding carboxylic acids is 2. The predicted octanol–water partition coefficient (Wildman–Crippen LogP) is 6.03. The molecule has 2 amide bonds. The van der Waals surface area contributed by atoms with Crippen molar-refractivity contribution in [2.24, 2.45) is 16.6 Å². The lowest BCUT2D eigenvalue weighted by molar-refractivity contribution is -0.274. The van der Waals surface area contributed by atoms with Gasteiger partial charge in [0.05, 0.1) is 16.8 Å². The van der Waals surface area contributed by atoms with Crippen molar-refractivity contribution in [2.75, 3.05) is 6.54 Å². The number of nitrogens with two attached hydrogens (primary N) is 1. The van der Waals surface area contributed by atoms with Gasteiger partial charge in [-0.15, -0.1) is 13.2 Å². The van der Waals surface area contributed by atoms with Crippen LogP contribution in [-0.4, -0.2) is 41.6 Å². The van der Waals surface area contributed by atoms with Crippen LogP contribution in [0, 0.1) is 11.7 Å². The number of allylic oxidation sites excluding steroid dienone is 2. The summed E-state index contributed by atoms with van der Waals surface area (Å²) >= 11 is 0. The molecule has 7 nitrogen and oxygen atoms in total. The molecule has 1 aliphatic heterocycles. The Labute approximate surface area is 234 Å². The van der Waals surface area contributed by atoms with Gasteiger partial charge in [-0.25, -0.2) is 9.37 Å². The van der Waals surface area contributed by atoms with Crippen LogP contribution in [0.3, 0.4) is 0 Å². The van der Waals surface area contributed by atoms with Crippen molar-refractivity contribution in [3.63, 3.8) is 0 Å². The number of halogens is 7. The molecule has 0 spiro atoms. The molecule has 1 aliphatic rings. The highest BCUT2D eigenvalue weighted by molar-refractivity contribution is 6.13. The minimum atomic E-state index is -4.92. The van der Waals surface area contributed by atoms with Crippen molar-refractivity contribution in [2.45, 2.75) is 38.7 Å². The van der Waals surface area contributed by atoms with E-state index in [9.17, 15) is 40.3 Å². The van der Waals surface area contributed by atoms with E-state index in [1.165, 1.54) is 25.1 Å². The second-order valence-electron chi connectivity index (χ2n) is 9.54. The molecule has 14 heteroatoms. The fourth-order valence-corrected chi connectivity index (χ4v) is 4.66. The van der Waals surface area contributed by atoms with E-state index in [2.05, 4.69) is 20.0 Å². The van der Waals surface area contributed by atoms with Crippen LogP contribution in [0.25, 0.3) is 10.9 Å². The first-order chi connectivity index (χ1) is 19.6. The smallest absolute Gasteiger partial charge is 0.406 e. The van der Waals surface area contributed by atoms with Gasteiger partial charge in [-0.05, 0) is 73.6 Å². The number of fused-ring (bicyclic) bond motifs is 1. The largest absolute Gasteiger partial charge is 0.573 e. The van der Waals surface area contributed by atoms with Crippen molar-refractivity contribution in [3.05, 3.63) is 82.4 Å². The molecule has 2 heterocycles. The number of carbonyl (C=O) groups is 2. The molecule has 3 N–H and O–H groups in total. The van der Waals surface area contributed by atoms with Gasteiger partial charge in [0.25, 0.3) is 11.8 Å². The maximum atomic E-state index is 14.1. The number of primary amides is 1. The molecule has 0 aliphatic carbocycles. The van der Waals surface area contributed by atoms with Crippen molar-refractivity contribution >= 4 is 28.4 Å². The highest BCUT2D eigenvalue weighted by atomic mass is 19.4. The summed E-state index contributed by atoms with van der Waals surface area (Å²) in [6.07, 6.45) is -8.95. The van der Waals surface area contributed by atoms with Gasteiger partial charge in [-0.1, -0.05) is 12.1 Å². The number of ether oxygens (including phenoxy) is 1. The minimum Gasteiger partial charge on any atom is -0.406 e. The zero-order valence-electron chi connectivity index (χ0n) is 21.9. The highest BCUT2D eigenvalue weighted by Gasteiger charge is 2.41. The van der Waals surface area contributed by atoms with Crippen LogP contribution < -0.4 is 15.8 Å². The summed E-state index contributed by atoms with van der Waals surface area (Å²) in [6.45, 7) is 1.24. The zero-order chi connectivity index (χ0) is 30.8. The number of pyridine rings is 1. The van der Waals surface area contributed by atoms with E-state index in [4.69, 9.17) is 5.73 Å². The molecule has 0 bridgehead atoms. The number of alkyl halides is 6. The lowest BCUT2D eigenvalue weighted by atomic mass is 9.88. The molecule has 0 unspecified atom stereocenters. The van der Waals surface area contributed by atoms with Crippen LogP contribution in [0.15, 0.2) is 64.8 Å². The third-order valence-corrected chi connectivity index (χ3v) is 6.71. The highest BCUT2D eigenvalue weighted by Crippen LogP contribution is 2.33. The fraction of sp³-hybridized carbons (Fsp3) is 0.286. The number of hydrogen-bond acceptors (Lipinski definition) is 5. The second kappa shape index (κ2) is 11.8.